The fraction of sp³-hybridized carbons (Fsp3) is 0.417. The molecule has 0 spiro atoms. The zero-order valence-electron chi connectivity index (χ0n) is 10.2. The lowest BCUT2D eigenvalue weighted by Crippen LogP contribution is -2.13. The summed E-state index contributed by atoms with van der Waals surface area (Å²) >= 11 is 0. The number of hydrogen-bond donors (Lipinski definition) is 1. The smallest absolute Gasteiger partial charge is 0.224 e. The van der Waals surface area contributed by atoms with E-state index in [1.807, 2.05) is 13.8 Å². The molecule has 4 nitrogen and oxygen atoms in total. The molecule has 1 amide bonds. The molecule has 0 heterocycles. The van der Waals surface area contributed by atoms with Gasteiger partial charge in [0.15, 0.2) is 9.84 Å². The fourth-order valence-electron chi connectivity index (χ4n) is 1.37. The Morgan fingerprint density at radius 1 is 1.24 bits per heavy atom. The zero-order valence-corrected chi connectivity index (χ0v) is 11.0. The average molecular weight is 255 g/mol. The number of anilines is 1. The van der Waals surface area contributed by atoms with Crippen molar-refractivity contribution in [3.05, 3.63) is 24.3 Å². The first-order valence-electron chi connectivity index (χ1n) is 5.39. The number of benzene rings is 1. The minimum Gasteiger partial charge on any atom is -0.326 e. The first-order valence-corrected chi connectivity index (χ1v) is 7.28. The summed E-state index contributed by atoms with van der Waals surface area (Å²) in [7, 11) is -3.18. The molecule has 0 saturated heterocycles. The predicted molar refractivity (Wildman–Crippen MR) is 67.6 cm³/mol. The molecule has 0 radical (unpaired) electrons. The normalized spacial score (nSPS) is 11.5. The van der Waals surface area contributed by atoms with E-state index in [1.54, 1.807) is 12.1 Å². The Kier molecular flexibility index (Phi) is 4.28. The van der Waals surface area contributed by atoms with Crippen molar-refractivity contribution in [2.45, 2.75) is 25.2 Å². The van der Waals surface area contributed by atoms with Gasteiger partial charge in [-0.1, -0.05) is 13.8 Å². The van der Waals surface area contributed by atoms with Crippen LogP contribution in [-0.2, 0) is 14.6 Å². The van der Waals surface area contributed by atoms with Gasteiger partial charge in [0.1, 0.15) is 0 Å². The third-order valence-electron chi connectivity index (χ3n) is 2.16. The Morgan fingerprint density at radius 2 is 1.76 bits per heavy atom. The highest BCUT2D eigenvalue weighted by molar-refractivity contribution is 7.90. The highest BCUT2D eigenvalue weighted by Gasteiger charge is 2.08. The summed E-state index contributed by atoms with van der Waals surface area (Å²) in [5.41, 5.74) is 0.614. The maximum Gasteiger partial charge on any atom is 0.224 e. The number of nitrogens with one attached hydrogen (secondary N) is 1. The van der Waals surface area contributed by atoms with Gasteiger partial charge in [-0.3, -0.25) is 4.79 Å². The van der Waals surface area contributed by atoms with E-state index in [2.05, 4.69) is 5.32 Å². The van der Waals surface area contributed by atoms with E-state index in [4.69, 9.17) is 0 Å². The molecule has 0 fully saturated rings. The maximum absolute atomic E-state index is 11.5. The highest BCUT2D eigenvalue weighted by atomic mass is 32.2. The summed E-state index contributed by atoms with van der Waals surface area (Å²) in [6.45, 7) is 3.93. The first kappa shape index (κ1) is 13.7. The van der Waals surface area contributed by atoms with Crippen LogP contribution in [0.4, 0.5) is 5.69 Å². The number of carbonyl (C=O) groups is 1. The molecule has 0 aliphatic rings. The Morgan fingerprint density at radius 3 is 2.18 bits per heavy atom. The summed E-state index contributed by atoms with van der Waals surface area (Å²) in [6.07, 6.45) is 1.60. The van der Waals surface area contributed by atoms with Crippen molar-refractivity contribution in [2.24, 2.45) is 5.92 Å². The van der Waals surface area contributed by atoms with Gasteiger partial charge < -0.3 is 5.32 Å². The fourth-order valence-corrected chi connectivity index (χ4v) is 2.00. The van der Waals surface area contributed by atoms with E-state index in [9.17, 15) is 13.2 Å². The number of sulfone groups is 1. The third kappa shape index (κ3) is 4.56. The molecular formula is C12H17NO3S. The van der Waals surface area contributed by atoms with Gasteiger partial charge in [-0.15, -0.1) is 0 Å². The molecule has 5 heteroatoms. The molecule has 0 saturated carbocycles. The van der Waals surface area contributed by atoms with Crippen LogP contribution in [-0.4, -0.2) is 20.6 Å². The Hall–Kier alpha value is -1.36. The summed E-state index contributed by atoms with van der Waals surface area (Å²) in [6, 6.07) is 6.16. The van der Waals surface area contributed by atoms with Gasteiger partial charge >= 0.3 is 0 Å². The van der Waals surface area contributed by atoms with Crippen molar-refractivity contribution >= 4 is 21.4 Å². The van der Waals surface area contributed by atoms with Crippen molar-refractivity contribution in [1.82, 2.24) is 0 Å². The topological polar surface area (TPSA) is 63.2 Å². The van der Waals surface area contributed by atoms with E-state index in [0.717, 1.165) is 6.26 Å². The molecule has 1 N–H and O–H groups in total. The Balaban J connectivity index is 2.73. The standard InChI is InChI=1S/C12H17NO3S/c1-9(2)8-12(14)13-10-4-6-11(7-5-10)17(3,15)16/h4-7,9H,8H2,1-3H3,(H,13,14). The average Bonchev–Trinajstić information content (AvgIpc) is 2.15. The van der Waals surface area contributed by atoms with Crippen molar-refractivity contribution in [2.75, 3.05) is 11.6 Å². The van der Waals surface area contributed by atoms with E-state index < -0.39 is 9.84 Å². The van der Waals surface area contributed by atoms with Crippen molar-refractivity contribution in [3.8, 4) is 0 Å². The third-order valence-corrected chi connectivity index (χ3v) is 3.29. The molecule has 94 valence electrons. The van der Waals surface area contributed by atoms with Crippen LogP contribution >= 0.6 is 0 Å². The van der Waals surface area contributed by atoms with Crippen LogP contribution in [0.15, 0.2) is 29.2 Å². The summed E-state index contributed by atoms with van der Waals surface area (Å²) in [5, 5.41) is 2.72. The van der Waals surface area contributed by atoms with Crippen molar-refractivity contribution in [1.29, 1.82) is 0 Å². The van der Waals surface area contributed by atoms with Crippen LogP contribution in [0.25, 0.3) is 0 Å². The van der Waals surface area contributed by atoms with Gasteiger partial charge in [0, 0.05) is 18.4 Å². The Labute approximate surface area is 102 Å². The van der Waals surface area contributed by atoms with Gasteiger partial charge in [0.25, 0.3) is 0 Å². The molecule has 0 bridgehead atoms. The number of hydrogen-bond acceptors (Lipinski definition) is 3. The number of rotatable bonds is 4. The zero-order chi connectivity index (χ0) is 13.1. The molecule has 1 aromatic rings. The van der Waals surface area contributed by atoms with E-state index in [1.165, 1.54) is 12.1 Å². The lowest BCUT2D eigenvalue weighted by atomic mass is 10.1. The number of amides is 1. The van der Waals surface area contributed by atoms with E-state index >= 15 is 0 Å². The van der Waals surface area contributed by atoms with Crippen molar-refractivity contribution in [3.63, 3.8) is 0 Å². The number of carbonyl (C=O) groups excluding carboxylic acids is 1. The largest absolute Gasteiger partial charge is 0.326 e. The minimum absolute atomic E-state index is 0.0629. The maximum atomic E-state index is 11.5. The predicted octanol–water partition coefficient (Wildman–Crippen LogP) is 2.07. The summed E-state index contributed by atoms with van der Waals surface area (Å²) in [5.74, 6) is 0.234. The van der Waals surface area contributed by atoms with Crippen LogP contribution in [0, 0.1) is 5.92 Å². The van der Waals surface area contributed by atoms with Gasteiger partial charge in [-0.25, -0.2) is 8.42 Å². The molecule has 1 rings (SSSR count). The van der Waals surface area contributed by atoms with Gasteiger partial charge in [0.05, 0.1) is 4.90 Å². The van der Waals surface area contributed by atoms with Crippen LogP contribution in [0.1, 0.15) is 20.3 Å². The first-order chi connectivity index (χ1) is 7.79. The van der Waals surface area contributed by atoms with Gasteiger partial charge in [0.2, 0.25) is 5.91 Å². The monoisotopic (exact) mass is 255 g/mol. The molecule has 0 atom stereocenters. The van der Waals surface area contributed by atoms with Crippen LogP contribution in [0.5, 0.6) is 0 Å². The lowest BCUT2D eigenvalue weighted by Gasteiger charge is -2.07. The molecule has 0 unspecified atom stereocenters. The second-order valence-electron chi connectivity index (χ2n) is 4.44. The second-order valence-corrected chi connectivity index (χ2v) is 6.46. The van der Waals surface area contributed by atoms with Crippen molar-refractivity contribution < 1.29 is 13.2 Å². The SMILES string of the molecule is CC(C)CC(=O)Nc1ccc(S(C)(=O)=O)cc1. The molecule has 0 aliphatic heterocycles. The molecule has 0 aromatic heterocycles. The highest BCUT2D eigenvalue weighted by Crippen LogP contribution is 2.14. The van der Waals surface area contributed by atoms with Crippen LogP contribution in [0.2, 0.25) is 0 Å². The van der Waals surface area contributed by atoms with Crippen LogP contribution in [0.3, 0.4) is 0 Å². The molecule has 1 aromatic carbocycles. The van der Waals surface area contributed by atoms with Gasteiger partial charge in [-0.05, 0) is 30.2 Å². The van der Waals surface area contributed by atoms with Gasteiger partial charge in [-0.2, -0.15) is 0 Å². The molecular weight excluding hydrogens is 238 g/mol. The molecule has 0 aliphatic carbocycles. The Bertz CT molecular complexity index is 489. The van der Waals surface area contributed by atoms with E-state index in [-0.39, 0.29) is 10.8 Å². The summed E-state index contributed by atoms with van der Waals surface area (Å²) in [4.78, 5) is 11.7. The molecule has 17 heavy (non-hydrogen) atoms. The quantitative estimate of drug-likeness (QED) is 0.895. The van der Waals surface area contributed by atoms with E-state index in [0.29, 0.717) is 18.0 Å². The second kappa shape index (κ2) is 5.31. The minimum atomic E-state index is -3.18. The lowest BCUT2D eigenvalue weighted by molar-refractivity contribution is -0.116. The van der Waals surface area contributed by atoms with Crippen LogP contribution < -0.4 is 5.32 Å². The summed E-state index contributed by atoms with van der Waals surface area (Å²) < 4.78 is 22.4.